The van der Waals surface area contributed by atoms with E-state index < -0.39 is 5.60 Å². The monoisotopic (exact) mass is 539 g/mol. The fraction of sp³-hybridized carbons (Fsp3) is 0.364. The van der Waals surface area contributed by atoms with Crippen LogP contribution in [0.2, 0.25) is 0 Å². The molecule has 1 amide bonds. The van der Waals surface area contributed by atoms with Gasteiger partial charge in [0.15, 0.2) is 5.58 Å². The van der Waals surface area contributed by atoms with E-state index >= 15 is 0 Å². The van der Waals surface area contributed by atoms with Crippen molar-refractivity contribution in [2.75, 3.05) is 10.6 Å². The Hall–Kier alpha value is -4.13. The quantitative estimate of drug-likeness (QED) is 0.224. The average Bonchev–Trinajstić information content (AvgIpc) is 3.51. The minimum atomic E-state index is -0.497. The number of rotatable bonds is 8. The zero-order chi connectivity index (χ0) is 28.3. The summed E-state index contributed by atoms with van der Waals surface area (Å²) in [5.41, 5.74) is 5.36. The van der Waals surface area contributed by atoms with Crippen LogP contribution in [0.1, 0.15) is 69.6 Å². The summed E-state index contributed by atoms with van der Waals surface area (Å²) in [5, 5.41) is 6.21. The Bertz CT molecular complexity index is 1510. The smallest absolute Gasteiger partial charge is 0.307 e. The number of esters is 1. The summed E-state index contributed by atoms with van der Waals surface area (Å²) in [5.74, 6) is -0.275. The number of carbonyl (C=O) groups excluding carboxylic acids is 2. The number of ether oxygens (including phenoxy) is 1. The number of fused-ring (bicyclic) bond motifs is 1. The Kier molecular flexibility index (Phi) is 7.66. The first-order chi connectivity index (χ1) is 19.1. The molecule has 1 saturated carbocycles. The Morgan fingerprint density at radius 2 is 1.73 bits per heavy atom. The number of amides is 1. The van der Waals surface area contributed by atoms with Gasteiger partial charge in [0.2, 0.25) is 5.91 Å². The van der Waals surface area contributed by atoms with E-state index in [1.807, 2.05) is 94.4 Å². The number of oxazole rings is 1. The van der Waals surface area contributed by atoms with Gasteiger partial charge in [0.25, 0.3) is 6.01 Å². The molecule has 7 nitrogen and oxygen atoms in total. The number of nitrogens with one attached hydrogen (secondary N) is 2. The summed E-state index contributed by atoms with van der Waals surface area (Å²) in [6, 6.07) is 21.9. The van der Waals surface area contributed by atoms with Gasteiger partial charge >= 0.3 is 5.97 Å². The van der Waals surface area contributed by atoms with Gasteiger partial charge in [-0.2, -0.15) is 4.98 Å². The third-order valence-corrected chi connectivity index (χ3v) is 7.45. The normalized spacial score (nSPS) is 14.7. The highest BCUT2D eigenvalue weighted by Crippen LogP contribution is 2.44. The van der Waals surface area contributed by atoms with Gasteiger partial charge in [-0.25, -0.2) is 0 Å². The topological polar surface area (TPSA) is 93.5 Å². The van der Waals surface area contributed by atoms with Gasteiger partial charge in [0.1, 0.15) is 11.1 Å². The first-order valence-electron chi connectivity index (χ1n) is 13.9. The maximum atomic E-state index is 12.9. The van der Waals surface area contributed by atoms with Crippen molar-refractivity contribution in [3.05, 3.63) is 83.4 Å². The van der Waals surface area contributed by atoms with Crippen LogP contribution in [-0.2, 0) is 26.2 Å². The molecule has 0 unspecified atom stereocenters. The Labute approximate surface area is 235 Å². The Balaban J connectivity index is 1.22. The maximum absolute atomic E-state index is 12.9. The number of aromatic nitrogens is 1. The van der Waals surface area contributed by atoms with Crippen LogP contribution in [-0.4, -0.2) is 22.5 Å². The average molecular weight is 540 g/mol. The van der Waals surface area contributed by atoms with Crippen LogP contribution in [0.25, 0.3) is 11.1 Å². The molecular formula is C33H37N3O4. The molecule has 7 heteroatoms. The molecule has 1 aromatic heterocycles. The van der Waals surface area contributed by atoms with Crippen LogP contribution in [0.15, 0.2) is 71.1 Å². The number of hydrogen-bond donors (Lipinski definition) is 2. The molecule has 0 spiro atoms. The minimum Gasteiger partial charge on any atom is -0.460 e. The summed E-state index contributed by atoms with van der Waals surface area (Å²) in [6.07, 6.45) is 4.71. The molecule has 0 atom stereocenters. The van der Waals surface area contributed by atoms with Crippen molar-refractivity contribution in [2.45, 2.75) is 77.2 Å². The van der Waals surface area contributed by atoms with Crippen LogP contribution in [0, 0.1) is 6.92 Å². The van der Waals surface area contributed by atoms with E-state index in [-0.39, 0.29) is 23.7 Å². The van der Waals surface area contributed by atoms with Crippen LogP contribution >= 0.6 is 0 Å². The SMILES string of the molecule is Cc1ccccc1Nc1nc2ccc(CC(=O)Nc3ccc(C4(CC(=O)OC(C)(C)C)CCCC4)cc3)cc2o1. The molecule has 3 aromatic carbocycles. The third-order valence-electron chi connectivity index (χ3n) is 7.45. The molecule has 1 heterocycles. The second-order valence-electron chi connectivity index (χ2n) is 11.8. The number of para-hydroxylation sites is 1. The maximum Gasteiger partial charge on any atom is 0.307 e. The summed E-state index contributed by atoms with van der Waals surface area (Å²) < 4.78 is 11.5. The van der Waals surface area contributed by atoms with Gasteiger partial charge in [-0.05, 0) is 87.6 Å². The van der Waals surface area contributed by atoms with Crippen molar-refractivity contribution in [3.63, 3.8) is 0 Å². The van der Waals surface area contributed by atoms with Gasteiger partial charge in [-0.15, -0.1) is 0 Å². The highest BCUT2D eigenvalue weighted by atomic mass is 16.6. The van der Waals surface area contributed by atoms with E-state index in [0.29, 0.717) is 18.0 Å². The zero-order valence-electron chi connectivity index (χ0n) is 23.7. The van der Waals surface area contributed by atoms with Crippen LogP contribution < -0.4 is 10.6 Å². The van der Waals surface area contributed by atoms with Crippen LogP contribution in [0.3, 0.4) is 0 Å². The molecule has 5 rings (SSSR count). The van der Waals surface area contributed by atoms with Crippen LogP contribution in [0.4, 0.5) is 17.4 Å². The van der Waals surface area contributed by atoms with Crippen LogP contribution in [0.5, 0.6) is 0 Å². The van der Waals surface area contributed by atoms with E-state index in [9.17, 15) is 9.59 Å². The first-order valence-corrected chi connectivity index (χ1v) is 13.9. The van der Waals surface area contributed by atoms with Gasteiger partial charge < -0.3 is 19.8 Å². The molecular weight excluding hydrogens is 502 g/mol. The number of anilines is 3. The predicted molar refractivity (Wildman–Crippen MR) is 158 cm³/mol. The van der Waals surface area contributed by atoms with Crippen molar-refractivity contribution in [1.29, 1.82) is 0 Å². The first kappa shape index (κ1) is 27.4. The fourth-order valence-electron chi connectivity index (χ4n) is 5.53. The van der Waals surface area contributed by atoms with Gasteiger partial charge in [0, 0.05) is 16.8 Å². The molecule has 1 aliphatic rings. The van der Waals surface area contributed by atoms with Crippen molar-refractivity contribution in [1.82, 2.24) is 4.98 Å². The van der Waals surface area contributed by atoms with E-state index in [4.69, 9.17) is 9.15 Å². The highest BCUT2D eigenvalue weighted by molar-refractivity contribution is 5.93. The summed E-state index contributed by atoms with van der Waals surface area (Å²) >= 11 is 0. The van der Waals surface area contributed by atoms with E-state index in [1.54, 1.807) is 0 Å². The summed E-state index contributed by atoms with van der Waals surface area (Å²) in [6.45, 7) is 7.71. The molecule has 0 bridgehead atoms. The van der Waals surface area contributed by atoms with Gasteiger partial charge in [-0.1, -0.05) is 49.2 Å². The number of aryl methyl sites for hydroxylation is 1. The summed E-state index contributed by atoms with van der Waals surface area (Å²) in [4.78, 5) is 30.0. The molecule has 0 aliphatic heterocycles. The molecule has 208 valence electrons. The van der Waals surface area contributed by atoms with E-state index in [2.05, 4.69) is 15.6 Å². The summed E-state index contributed by atoms with van der Waals surface area (Å²) in [7, 11) is 0. The second-order valence-corrected chi connectivity index (χ2v) is 11.8. The number of benzene rings is 3. The lowest BCUT2D eigenvalue weighted by atomic mass is 9.76. The van der Waals surface area contributed by atoms with Crippen molar-refractivity contribution < 1.29 is 18.7 Å². The fourth-order valence-corrected chi connectivity index (χ4v) is 5.53. The molecule has 40 heavy (non-hydrogen) atoms. The van der Waals surface area contributed by atoms with E-state index in [0.717, 1.165) is 59.3 Å². The standard InChI is InChI=1S/C33H37N3O4/c1-22-9-5-6-10-26(22)35-31-36-27-16-11-23(19-28(27)39-31)20-29(37)34-25-14-12-24(13-15-25)33(17-7-8-18-33)21-30(38)40-32(2,3)4/h5-6,9-16,19H,7-8,17-18,20-21H2,1-4H3,(H,34,37)(H,35,36). The number of carbonyl (C=O) groups is 2. The largest absolute Gasteiger partial charge is 0.460 e. The molecule has 1 fully saturated rings. The molecule has 2 N–H and O–H groups in total. The molecule has 1 aliphatic carbocycles. The highest BCUT2D eigenvalue weighted by Gasteiger charge is 2.39. The van der Waals surface area contributed by atoms with Gasteiger partial charge in [-0.3, -0.25) is 9.59 Å². The predicted octanol–water partition coefficient (Wildman–Crippen LogP) is 7.60. The lowest BCUT2D eigenvalue weighted by Crippen LogP contribution is -2.31. The van der Waals surface area contributed by atoms with E-state index in [1.165, 1.54) is 0 Å². The third kappa shape index (κ3) is 6.53. The van der Waals surface area contributed by atoms with Crippen molar-refractivity contribution >= 4 is 40.4 Å². The van der Waals surface area contributed by atoms with Gasteiger partial charge in [0.05, 0.1) is 12.8 Å². The molecule has 4 aromatic rings. The van der Waals surface area contributed by atoms with Crippen molar-refractivity contribution in [3.8, 4) is 0 Å². The number of nitrogens with zero attached hydrogens (tertiary/aromatic N) is 1. The zero-order valence-corrected chi connectivity index (χ0v) is 23.7. The Morgan fingerprint density at radius 3 is 2.42 bits per heavy atom. The molecule has 0 radical (unpaired) electrons. The second kappa shape index (κ2) is 11.2. The number of hydrogen-bond acceptors (Lipinski definition) is 6. The molecule has 0 saturated heterocycles. The lowest BCUT2D eigenvalue weighted by Gasteiger charge is -2.30. The van der Waals surface area contributed by atoms with Crippen molar-refractivity contribution in [2.24, 2.45) is 0 Å². The lowest BCUT2D eigenvalue weighted by molar-refractivity contribution is -0.156. The Morgan fingerprint density at radius 1 is 1.00 bits per heavy atom. The minimum absolute atomic E-state index is 0.116.